The van der Waals surface area contributed by atoms with E-state index in [0.717, 1.165) is 16.6 Å². The minimum atomic E-state index is -0.240. The lowest BCUT2D eigenvalue weighted by Crippen LogP contribution is -2.23. The van der Waals surface area contributed by atoms with Gasteiger partial charge in [-0.1, -0.05) is 64.5 Å². The van der Waals surface area contributed by atoms with Gasteiger partial charge in [-0.2, -0.15) is 0 Å². The summed E-state index contributed by atoms with van der Waals surface area (Å²) in [6.45, 7) is 4.27. The summed E-state index contributed by atoms with van der Waals surface area (Å²) in [5, 5.41) is 3.10. The number of carbonyl (C=O) groups excluding carboxylic acids is 1. The highest BCUT2D eigenvalue weighted by molar-refractivity contribution is 9.10. The quantitative estimate of drug-likeness (QED) is 0.550. The highest BCUT2D eigenvalue weighted by Crippen LogP contribution is 2.60. The van der Waals surface area contributed by atoms with E-state index in [-0.39, 0.29) is 17.2 Å². The smallest absolute Gasteiger partial charge is 0.228 e. The summed E-state index contributed by atoms with van der Waals surface area (Å²) in [6, 6.07) is 24.6. The minimum Gasteiger partial charge on any atom is -0.326 e. The molecule has 0 aromatic heterocycles. The molecule has 1 N–H and O–H groups in total. The molecule has 1 amide bonds. The van der Waals surface area contributed by atoms with Crippen molar-refractivity contribution in [3.8, 4) is 0 Å². The van der Waals surface area contributed by atoms with Crippen LogP contribution in [0.1, 0.15) is 28.7 Å². The molecular weight excluding hydrogens is 398 g/mol. The Morgan fingerprint density at radius 1 is 0.889 bits per heavy atom. The second kappa shape index (κ2) is 6.97. The molecule has 0 spiro atoms. The molecule has 3 heteroatoms. The van der Waals surface area contributed by atoms with Crippen molar-refractivity contribution in [3.05, 3.63) is 99.5 Å². The summed E-state index contributed by atoms with van der Waals surface area (Å²) in [4.78, 5) is 13.1. The molecule has 2 nitrogen and oxygen atoms in total. The number of hydrogen-bond donors (Lipinski definition) is 1. The lowest BCUT2D eigenvalue weighted by molar-refractivity contribution is -0.117. The molecule has 1 aliphatic carbocycles. The van der Waals surface area contributed by atoms with Crippen molar-refractivity contribution in [2.75, 3.05) is 5.32 Å². The lowest BCUT2D eigenvalue weighted by Gasteiger charge is -2.23. The Morgan fingerprint density at radius 2 is 1.41 bits per heavy atom. The monoisotopic (exact) mass is 419 g/mol. The zero-order valence-electron chi connectivity index (χ0n) is 15.5. The molecule has 0 aliphatic heterocycles. The zero-order chi connectivity index (χ0) is 19.0. The summed E-state index contributed by atoms with van der Waals surface area (Å²) in [6.07, 6.45) is 0.838. The van der Waals surface area contributed by atoms with E-state index in [1.54, 1.807) is 0 Å². The van der Waals surface area contributed by atoms with Gasteiger partial charge in [-0.3, -0.25) is 4.79 Å². The van der Waals surface area contributed by atoms with Crippen molar-refractivity contribution in [3.63, 3.8) is 0 Å². The first-order chi connectivity index (χ1) is 13.0. The van der Waals surface area contributed by atoms with E-state index in [1.165, 1.54) is 22.3 Å². The van der Waals surface area contributed by atoms with Gasteiger partial charge >= 0.3 is 0 Å². The first kappa shape index (κ1) is 18.0. The number of hydrogen-bond acceptors (Lipinski definition) is 1. The molecule has 1 unspecified atom stereocenters. The van der Waals surface area contributed by atoms with Crippen LogP contribution in [0, 0.1) is 19.8 Å². The number of rotatable bonds is 4. The van der Waals surface area contributed by atoms with E-state index in [0.29, 0.717) is 0 Å². The molecule has 3 aromatic rings. The van der Waals surface area contributed by atoms with Gasteiger partial charge in [0, 0.05) is 15.6 Å². The van der Waals surface area contributed by atoms with Gasteiger partial charge in [0.05, 0.1) is 5.92 Å². The number of halogens is 1. The summed E-state index contributed by atoms with van der Waals surface area (Å²) in [5.41, 5.74) is 5.58. The average Bonchev–Trinajstić information content (AvgIpc) is 3.41. The molecule has 0 radical (unpaired) electrons. The number of carbonyl (C=O) groups is 1. The van der Waals surface area contributed by atoms with Crippen molar-refractivity contribution in [1.82, 2.24) is 0 Å². The molecule has 0 bridgehead atoms. The summed E-state index contributed by atoms with van der Waals surface area (Å²) in [7, 11) is 0. The van der Waals surface area contributed by atoms with Gasteiger partial charge < -0.3 is 5.32 Å². The molecule has 136 valence electrons. The van der Waals surface area contributed by atoms with E-state index < -0.39 is 0 Å². The maximum Gasteiger partial charge on any atom is 0.228 e. The first-order valence-corrected chi connectivity index (χ1v) is 10.0. The van der Waals surface area contributed by atoms with Crippen molar-refractivity contribution in [2.45, 2.75) is 25.7 Å². The van der Waals surface area contributed by atoms with Gasteiger partial charge in [0.15, 0.2) is 0 Å². The van der Waals surface area contributed by atoms with E-state index >= 15 is 0 Å². The maximum absolute atomic E-state index is 13.1. The van der Waals surface area contributed by atoms with Gasteiger partial charge in [-0.15, -0.1) is 0 Å². The average molecular weight is 420 g/mol. The van der Waals surface area contributed by atoms with E-state index in [2.05, 4.69) is 83.6 Å². The maximum atomic E-state index is 13.1. The lowest BCUT2D eigenvalue weighted by atomic mass is 9.81. The normalized spacial score (nSPS) is 17.4. The Balaban J connectivity index is 1.72. The van der Waals surface area contributed by atoms with Crippen LogP contribution < -0.4 is 5.32 Å². The molecule has 0 heterocycles. The first-order valence-electron chi connectivity index (χ1n) is 9.21. The van der Waals surface area contributed by atoms with E-state index in [1.807, 2.05) is 24.3 Å². The fourth-order valence-electron chi connectivity index (χ4n) is 4.23. The van der Waals surface area contributed by atoms with Crippen LogP contribution in [0.15, 0.2) is 77.3 Å². The third-order valence-corrected chi connectivity index (χ3v) is 6.17. The second-order valence-electron chi connectivity index (χ2n) is 7.35. The SMILES string of the molecule is Cc1ccccc1C1(c2ccccc2C)CC1C(=O)Nc1ccc(Br)cc1. The van der Waals surface area contributed by atoms with Gasteiger partial charge in [0.1, 0.15) is 0 Å². The van der Waals surface area contributed by atoms with Crippen LogP contribution in [0.5, 0.6) is 0 Å². The summed E-state index contributed by atoms with van der Waals surface area (Å²) < 4.78 is 1.00. The van der Waals surface area contributed by atoms with Crippen LogP contribution in [0.2, 0.25) is 0 Å². The molecule has 3 aromatic carbocycles. The Bertz CT molecular complexity index is 948. The predicted molar refractivity (Wildman–Crippen MR) is 114 cm³/mol. The van der Waals surface area contributed by atoms with E-state index in [4.69, 9.17) is 0 Å². The third kappa shape index (κ3) is 3.21. The molecule has 1 fully saturated rings. The van der Waals surface area contributed by atoms with Crippen molar-refractivity contribution in [1.29, 1.82) is 0 Å². The number of anilines is 1. The number of aryl methyl sites for hydroxylation is 2. The predicted octanol–water partition coefficient (Wildman–Crippen LogP) is 6.01. The van der Waals surface area contributed by atoms with Crippen LogP contribution in [-0.2, 0) is 10.2 Å². The highest BCUT2D eigenvalue weighted by Gasteiger charge is 2.61. The number of benzene rings is 3. The molecule has 0 saturated heterocycles. The van der Waals surface area contributed by atoms with Crippen molar-refractivity contribution in [2.24, 2.45) is 5.92 Å². The summed E-state index contributed by atoms with van der Waals surface area (Å²) in [5.74, 6) is 0.0205. The van der Waals surface area contributed by atoms with Crippen molar-refractivity contribution >= 4 is 27.5 Å². The molecule has 1 atom stereocenters. The van der Waals surface area contributed by atoms with E-state index in [9.17, 15) is 4.79 Å². The largest absolute Gasteiger partial charge is 0.326 e. The molecule has 27 heavy (non-hydrogen) atoms. The zero-order valence-corrected chi connectivity index (χ0v) is 17.1. The molecule has 4 rings (SSSR count). The standard InChI is InChI=1S/C24H22BrNO/c1-16-7-3-5-9-20(16)24(21-10-6-4-8-17(21)2)15-22(24)23(27)26-19-13-11-18(25)12-14-19/h3-14,22H,15H2,1-2H3,(H,26,27). The number of amides is 1. The van der Waals surface area contributed by atoms with Crippen LogP contribution in [-0.4, -0.2) is 5.91 Å². The highest BCUT2D eigenvalue weighted by atomic mass is 79.9. The third-order valence-electron chi connectivity index (χ3n) is 5.64. The molecule has 1 aliphatic rings. The van der Waals surface area contributed by atoms with Crippen LogP contribution >= 0.6 is 15.9 Å². The van der Waals surface area contributed by atoms with Gasteiger partial charge in [-0.25, -0.2) is 0 Å². The Labute approximate surface area is 168 Å². The van der Waals surface area contributed by atoms with Gasteiger partial charge in [-0.05, 0) is 66.8 Å². The Kier molecular flexibility index (Phi) is 4.65. The van der Waals surface area contributed by atoms with Gasteiger partial charge in [0.25, 0.3) is 0 Å². The fraction of sp³-hybridized carbons (Fsp3) is 0.208. The Hall–Kier alpha value is -2.39. The van der Waals surface area contributed by atoms with Crippen LogP contribution in [0.25, 0.3) is 0 Å². The topological polar surface area (TPSA) is 29.1 Å². The van der Waals surface area contributed by atoms with Gasteiger partial charge in [0.2, 0.25) is 5.91 Å². The molecule has 1 saturated carbocycles. The second-order valence-corrected chi connectivity index (χ2v) is 8.27. The van der Waals surface area contributed by atoms with Crippen LogP contribution in [0.4, 0.5) is 5.69 Å². The number of nitrogens with one attached hydrogen (secondary N) is 1. The summed E-state index contributed by atoms with van der Waals surface area (Å²) >= 11 is 3.44. The van der Waals surface area contributed by atoms with Crippen molar-refractivity contribution < 1.29 is 4.79 Å². The fourth-order valence-corrected chi connectivity index (χ4v) is 4.49. The Morgan fingerprint density at radius 3 is 1.93 bits per heavy atom. The van der Waals surface area contributed by atoms with Crippen LogP contribution in [0.3, 0.4) is 0 Å². The minimum absolute atomic E-state index is 0.0663. The molecular formula is C24H22BrNO.